The molecule has 1 saturated heterocycles. The minimum Gasteiger partial charge on any atom is -0.444 e. The van der Waals surface area contributed by atoms with Gasteiger partial charge in [0.15, 0.2) is 6.29 Å². The summed E-state index contributed by atoms with van der Waals surface area (Å²) in [5.41, 5.74) is 1.79. The molecule has 11 nitrogen and oxygen atoms in total. The number of aromatic nitrogens is 2. The number of aryl methyl sites for hydroxylation is 2. The predicted octanol–water partition coefficient (Wildman–Crippen LogP) is 4.73. The second kappa shape index (κ2) is 11.9. The van der Waals surface area contributed by atoms with E-state index in [4.69, 9.17) is 24.0 Å². The van der Waals surface area contributed by atoms with Crippen LogP contribution in [0.2, 0.25) is 0 Å². The lowest BCUT2D eigenvalue weighted by Crippen LogP contribution is -2.53. The maximum atomic E-state index is 14.6. The summed E-state index contributed by atoms with van der Waals surface area (Å²) in [5.74, 6) is 0.0920. The quantitative estimate of drug-likeness (QED) is 0.479. The summed E-state index contributed by atoms with van der Waals surface area (Å²) >= 11 is 0. The molecule has 1 aromatic heterocycles. The number of halogens is 1. The lowest BCUT2D eigenvalue weighted by atomic mass is 9.72. The van der Waals surface area contributed by atoms with Gasteiger partial charge in [-0.25, -0.2) is 18.7 Å². The number of nitrogens with one attached hydrogen (secondary N) is 2. The third-order valence-corrected chi connectivity index (χ3v) is 7.71. The Labute approximate surface area is 240 Å². The summed E-state index contributed by atoms with van der Waals surface area (Å²) in [5, 5.41) is 10.8. The summed E-state index contributed by atoms with van der Waals surface area (Å²) < 4.78 is 38.2. The number of ether oxygens (including phenoxy) is 4. The summed E-state index contributed by atoms with van der Waals surface area (Å²) in [6.45, 7) is 12.3. The normalized spacial score (nSPS) is 18.4. The Kier molecular flexibility index (Phi) is 8.95. The van der Waals surface area contributed by atoms with Crippen LogP contribution >= 0.6 is 0 Å². The minimum absolute atomic E-state index is 0.102. The van der Waals surface area contributed by atoms with Crippen molar-refractivity contribution in [3.63, 3.8) is 0 Å². The van der Waals surface area contributed by atoms with E-state index in [0.29, 0.717) is 60.8 Å². The molecular formula is C29H42FN5O6. The molecule has 3 heterocycles. The van der Waals surface area contributed by atoms with Gasteiger partial charge in [-0.05, 0) is 77.6 Å². The molecule has 12 heteroatoms. The zero-order valence-electron chi connectivity index (χ0n) is 25.2. The van der Waals surface area contributed by atoms with E-state index in [1.54, 1.807) is 35.6 Å². The number of hydrogen-bond donors (Lipinski definition) is 2. The van der Waals surface area contributed by atoms with Crippen LogP contribution in [0, 0.1) is 19.7 Å². The number of benzene rings is 1. The lowest BCUT2D eigenvalue weighted by Gasteiger charge is -2.46. The van der Waals surface area contributed by atoms with Crippen molar-refractivity contribution >= 4 is 17.9 Å². The maximum Gasteiger partial charge on any atom is 0.410 e. The highest BCUT2D eigenvalue weighted by atomic mass is 19.1. The molecule has 2 aliphatic heterocycles. The fourth-order valence-electron chi connectivity index (χ4n) is 5.55. The van der Waals surface area contributed by atoms with Gasteiger partial charge in [-0.3, -0.25) is 5.32 Å². The lowest BCUT2D eigenvalue weighted by molar-refractivity contribution is -0.0970. The SMILES string of the molecule is COC(CNC(=O)Nc1c2c(nn1-c1cc(C)c(F)c(C)c1)C1(CCOCC1)CN(C(=O)OC(C)(C)C)[C@H]2C)OC. The van der Waals surface area contributed by atoms with E-state index >= 15 is 0 Å². The van der Waals surface area contributed by atoms with Crippen LogP contribution in [-0.4, -0.2) is 79.2 Å². The molecule has 41 heavy (non-hydrogen) atoms. The number of methoxy groups -OCH3 is 2. The van der Waals surface area contributed by atoms with Gasteiger partial charge in [0.1, 0.15) is 17.2 Å². The van der Waals surface area contributed by atoms with Crippen molar-refractivity contribution in [2.75, 3.05) is 45.8 Å². The van der Waals surface area contributed by atoms with Crippen molar-refractivity contribution in [1.29, 1.82) is 0 Å². The Balaban J connectivity index is 1.87. The number of hydrogen-bond acceptors (Lipinski definition) is 7. The van der Waals surface area contributed by atoms with Crippen LogP contribution in [0.25, 0.3) is 5.69 Å². The Morgan fingerprint density at radius 2 is 1.78 bits per heavy atom. The number of nitrogens with zero attached hydrogens (tertiary/aromatic N) is 3. The van der Waals surface area contributed by atoms with E-state index in [1.807, 2.05) is 27.7 Å². The molecule has 1 atom stereocenters. The van der Waals surface area contributed by atoms with Gasteiger partial charge in [0.05, 0.1) is 24.0 Å². The zero-order chi connectivity index (χ0) is 30.1. The van der Waals surface area contributed by atoms with Crippen LogP contribution in [0.1, 0.15) is 69.0 Å². The number of urea groups is 1. The number of carbonyl (C=O) groups excluding carboxylic acids is 2. The predicted molar refractivity (Wildman–Crippen MR) is 151 cm³/mol. The monoisotopic (exact) mass is 575 g/mol. The van der Waals surface area contributed by atoms with Gasteiger partial charge in [0.2, 0.25) is 0 Å². The van der Waals surface area contributed by atoms with Crippen molar-refractivity contribution < 1.29 is 32.9 Å². The molecule has 226 valence electrons. The summed E-state index contributed by atoms with van der Waals surface area (Å²) in [4.78, 5) is 28.4. The first kappa shape index (κ1) is 30.7. The topological polar surface area (TPSA) is 116 Å². The largest absolute Gasteiger partial charge is 0.444 e. The molecule has 2 aliphatic rings. The average molecular weight is 576 g/mol. The molecule has 0 unspecified atom stereocenters. The van der Waals surface area contributed by atoms with Gasteiger partial charge in [-0.1, -0.05) is 0 Å². The molecule has 4 rings (SSSR count). The molecule has 0 bridgehead atoms. The van der Waals surface area contributed by atoms with E-state index < -0.39 is 35.5 Å². The average Bonchev–Trinajstić information content (AvgIpc) is 3.29. The van der Waals surface area contributed by atoms with Gasteiger partial charge in [0.25, 0.3) is 0 Å². The Hall–Kier alpha value is -3.22. The van der Waals surface area contributed by atoms with Gasteiger partial charge in [0, 0.05) is 45.0 Å². The fraction of sp³-hybridized carbons (Fsp3) is 0.621. The van der Waals surface area contributed by atoms with E-state index in [2.05, 4.69) is 10.6 Å². The van der Waals surface area contributed by atoms with Gasteiger partial charge in [-0.2, -0.15) is 5.10 Å². The highest BCUT2D eigenvalue weighted by Gasteiger charge is 2.50. The second-order valence-corrected chi connectivity index (χ2v) is 11.8. The molecule has 1 spiro atoms. The number of fused-ring (bicyclic) bond motifs is 2. The van der Waals surface area contributed by atoms with Crippen LogP contribution < -0.4 is 10.6 Å². The van der Waals surface area contributed by atoms with Gasteiger partial charge in [-0.15, -0.1) is 0 Å². The first-order valence-corrected chi connectivity index (χ1v) is 13.9. The molecule has 1 fully saturated rings. The Morgan fingerprint density at radius 3 is 2.34 bits per heavy atom. The number of carbonyl (C=O) groups is 2. The van der Waals surface area contributed by atoms with Gasteiger partial charge < -0.3 is 29.2 Å². The smallest absolute Gasteiger partial charge is 0.410 e. The third kappa shape index (κ3) is 6.34. The number of amides is 3. The van der Waals surface area contributed by atoms with E-state index in [1.165, 1.54) is 14.2 Å². The maximum absolute atomic E-state index is 14.6. The van der Waals surface area contributed by atoms with Crippen LogP contribution in [0.3, 0.4) is 0 Å². The standard InChI is InChI=1S/C29H42FN5O6/c1-17-13-20(14-18(2)23(17)30)35-25(32-26(36)31-15-21(38-7)39-8)22-19(3)34(27(37)41-28(4,5)6)16-29(24(22)33-35)9-11-40-12-10-29/h13-14,19,21H,9-12,15-16H2,1-8H3,(H2,31,32,36)/t19-/m0/s1. The second-order valence-electron chi connectivity index (χ2n) is 11.8. The van der Waals surface area contributed by atoms with Crippen LogP contribution in [-0.2, 0) is 24.4 Å². The summed E-state index contributed by atoms with van der Waals surface area (Å²) in [7, 11) is 2.97. The molecule has 0 aliphatic carbocycles. The number of rotatable bonds is 6. The van der Waals surface area contributed by atoms with Crippen LogP contribution in [0.5, 0.6) is 0 Å². The van der Waals surface area contributed by atoms with Crippen LogP contribution in [0.15, 0.2) is 12.1 Å². The molecular weight excluding hydrogens is 533 g/mol. The Morgan fingerprint density at radius 1 is 1.17 bits per heavy atom. The third-order valence-electron chi connectivity index (χ3n) is 7.71. The highest BCUT2D eigenvalue weighted by Crippen LogP contribution is 2.48. The minimum atomic E-state index is -0.687. The molecule has 0 radical (unpaired) electrons. The van der Waals surface area contributed by atoms with Crippen molar-refractivity contribution in [2.45, 2.75) is 77.7 Å². The van der Waals surface area contributed by atoms with Crippen molar-refractivity contribution in [1.82, 2.24) is 20.0 Å². The molecule has 2 N–H and O–H groups in total. The summed E-state index contributed by atoms with van der Waals surface area (Å²) in [6.07, 6.45) is 0.203. The van der Waals surface area contributed by atoms with Crippen molar-refractivity contribution in [3.05, 3.63) is 40.3 Å². The Bertz CT molecular complexity index is 1260. The summed E-state index contributed by atoms with van der Waals surface area (Å²) in [6, 6.07) is 2.41. The van der Waals surface area contributed by atoms with Crippen molar-refractivity contribution in [3.8, 4) is 5.69 Å². The van der Waals surface area contributed by atoms with Crippen LogP contribution in [0.4, 0.5) is 19.8 Å². The molecule has 1 aromatic carbocycles. The highest BCUT2D eigenvalue weighted by molar-refractivity contribution is 5.90. The zero-order valence-corrected chi connectivity index (χ0v) is 25.2. The first-order chi connectivity index (χ1) is 19.3. The van der Waals surface area contributed by atoms with E-state index in [-0.39, 0.29) is 12.4 Å². The van der Waals surface area contributed by atoms with Crippen molar-refractivity contribution in [2.24, 2.45) is 0 Å². The molecule has 3 amide bonds. The molecule has 0 saturated carbocycles. The fourth-order valence-corrected chi connectivity index (χ4v) is 5.55. The van der Waals surface area contributed by atoms with Gasteiger partial charge >= 0.3 is 12.1 Å². The van der Waals surface area contributed by atoms with E-state index in [9.17, 15) is 14.0 Å². The number of anilines is 1. The van der Waals surface area contributed by atoms with E-state index in [0.717, 1.165) is 5.69 Å². The molecule has 2 aromatic rings. The first-order valence-electron chi connectivity index (χ1n) is 13.9.